The molecule has 0 aromatic carbocycles. The van der Waals surface area contributed by atoms with E-state index < -0.39 is 15.3 Å². The van der Waals surface area contributed by atoms with Crippen LogP contribution in [-0.4, -0.2) is 80.9 Å². The molecule has 0 aromatic rings. The van der Waals surface area contributed by atoms with E-state index in [-0.39, 0.29) is 11.8 Å². The summed E-state index contributed by atoms with van der Waals surface area (Å²) in [5.41, 5.74) is 0. The zero-order valence-electron chi connectivity index (χ0n) is 14.7. The Morgan fingerprint density at radius 2 is 1.64 bits per heavy atom. The quantitative estimate of drug-likeness (QED) is 0.720. The molecule has 2 atom stereocenters. The van der Waals surface area contributed by atoms with E-state index in [1.165, 1.54) is 0 Å². The molecule has 2 unspecified atom stereocenters. The van der Waals surface area contributed by atoms with Crippen molar-refractivity contribution in [2.45, 2.75) is 56.0 Å². The zero-order valence-corrected chi connectivity index (χ0v) is 15.5. The molecule has 4 fully saturated rings. The first-order valence-corrected chi connectivity index (χ1v) is 11.2. The topological polar surface area (TPSA) is 79.0 Å². The summed E-state index contributed by atoms with van der Waals surface area (Å²) in [6.45, 7) is 3.69. The molecule has 8 heteroatoms. The fraction of sp³-hybridized carbons (Fsp3) is 0.941. The number of hydrogen-bond acceptors (Lipinski definition) is 5. The van der Waals surface area contributed by atoms with Crippen molar-refractivity contribution in [3.05, 3.63) is 0 Å². The lowest BCUT2D eigenvalue weighted by atomic mass is 10.0. The normalized spacial score (nSPS) is 31.4. The second-order valence-electron chi connectivity index (χ2n) is 8.00. The van der Waals surface area contributed by atoms with Gasteiger partial charge in [0.05, 0.1) is 12.2 Å². The molecule has 3 aliphatic heterocycles. The molecule has 0 spiro atoms. The number of amides is 1. The van der Waals surface area contributed by atoms with Gasteiger partial charge in [-0.3, -0.25) is 9.69 Å². The lowest BCUT2D eigenvalue weighted by molar-refractivity contribution is -0.138. The summed E-state index contributed by atoms with van der Waals surface area (Å²) in [6.07, 6.45) is 7.08. The van der Waals surface area contributed by atoms with Gasteiger partial charge in [0.2, 0.25) is 15.9 Å². The van der Waals surface area contributed by atoms with Gasteiger partial charge in [-0.25, -0.2) is 13.1 Å². The van der Waals surface area contributed by atoms with E-state index in [1.54, 1.807) is 4.90 Å². The van der Waals surface area contributed by atoms with E-state index >= 15 is 0 Å². The van der Waals surface area contributed by atoms with Crippen LogP contribution in [0.15, 0.2) is 0 Å². The van der Waals surface area contributed by atoms with E-state index in [9.17, 15) is 13.2 Å². The van der Waals surface area contributed by atoms with Crippen molar-refractivity contribution in [2.24, 2.45) is 5.92 Å². The summed E-state index contributed by atoms with van der Waals surface area (Å²) in [4.78, 5) is 16.3. The van der Waals surface area contributed by atoms with Crippen LogP contribution in [0.25, 0.3) is 0 Å². The molecule has 0 aromatic heterocycles. The van der Waals surface area contributed by atoms with Gasteiger partial charge in [-0.05, 0) is 25.7 Å². The van der Waals surface area contributed by atoms with E-state index in [0.717, 1.165) is 58.2 Å². The van der Waals surface area contributed by atoms with Crippen LogP contribution >= 0.6 is 0 Å². The highest BCUT2D eigenvalue weighted by Gasteiger charge is 2.42. The third-order valence-corrected chi connectivity index (χ3v) is 7.94. The third kappa shape index (κ3) is 3.86. The Labute approximate surface area is 150 Å². The molecule has 7 nitrogen and oxygen atoms in total. The lowest BCUT2D eigenvalue weighted by Crippen LogP contribution is -2.60. The molecular formula is C17H29N3O4S. The van der Waals surface area contributed by atoms with Gasteiger partial charge in [-0.2, -0.15) is 0 Å². The maximum Gasteiger partial charge on any atom is 0.225 e. The maximum absolute atomic E-state index is 12.4. The van der Waals surface area contributed by atoms with Gasteiger partial charge in [-0.15, -0.1) is 0 Å². The number of sulfonamides is 1. The molecule has 2 bridgehead atoms. The molecule has 1 amide bonds. The summed E-state index contributed by atoms with van der Waals surface area (Å²) in [5, 5.41) is -0.446. The summed E-state index contributed by atoms with van der Waals surface area (Å²) in [7, 11) is -3.33. The van der Waals surface area contributed by atoms with Crippen molar-refractivity contribution >= 4 is 15.9 Å². The van der Waals surface area contributed by atoms with Crippen LogP contribution in [0.1, 0.15) is 38.5 Å². The molecule has 4 aliphatic rings. The molecule has 0 radical (unpaired) electrons. The average molecular weight is 372 g/mol. The summed E-state index contributed by atoms with van der Waals surface area (Å²) >= 11 is 0. The highest BCUT2D eigenvalue weighted by Crippen LogP contribution is 2.29. The number of nitrogens with one attached hydrogen (secondary N) is 1. The second-order valence-corrected chi connectivity index (χ2v) is 10.0. The molecule has 25 heavy (non-hydrogen) atoms. The number of hydrogen-bond donors (Lipinski definition) is 1. The van der Waals surface area contributed by atoms with Gasteiger partial charge in [0.15, 0.2) is 0 Å². The highest BCUT2D eigenvalue weighted by molar-refractivity contribution is 7.90. The lowest BCUT2D eigenvalue weighted by Gasteiger charge is -2.40. The third-order valence-electron chi connectivity index (χ3n) is 6.15. The zero-order chi connectivity index (χ0) is 17.4. The Balaban J connectivity index is 1.18. The summed E-state index contributed by atoms with van der Waals surface area (Å²) < 4.78 is 33.3. The molecule has 1 saturated carbocycles. The molecule has 3 saturated heterocycles. The van der Waals surface area contributed by atoms with Crippen LogP contribution in [0.2, 0.25) is 0 Å². The van der Waals surface area contributed by atoms with Gasteiger partial charge in [0.1, 0.15) is 5.25 Å². The van der Waals surface area contributed by atoms with Crippen LogP contribution in [0, 0.1) is 5.92 Å². The van der Waals surface area contributed by atoms with Gasteiger partial charge in [0.25, 0.3) is 0 Å². The first-order valence-electron chi connectivity index (χ1n) is 9.66. The number of fused-ring (bicyclic) bond motifs is 2. The average Bonchev–Trinajstić information content (AvgIpc) is 3.15. The standard InChI is InChI=1S/C17H29N3O4S/c21-17(13-3-1-2-4-13)20-11-16(12-20)25(22,23)18-7-8-19-9-14-5-6-15(10-19)24-14/h13-16,18H,1-12H2. The second kappa shape index (κ2) is 7.13. The number of likely N-dealkylation sites (tertiary alicyclic amines) is 2. The monoisotopic (exact) mass is 371 g/mol. The Bertz CT molecular complexity index is 587. The predicted octanol–water partition coefficient (Wildman–Crippen LogP) is 0.170. The van der Waals surface area contributed by atoms with Gasteiger partial charge >= 0.3 is 0 Å². The molecule has 1 aliphatic carbocycles. The SMILES string of the molecule is O=C(C1CCCC1)N1CC(S(=O)(=O)NCCN2CC3CCC(C2)O3)C1. The molecular weight excluding hydrogens is 342 g/mol. The molecule has 142 valence electrons. The van der Waals surface area contributed by atoms with E-state index in [4.69, 9.17) is 4.74 Å². The van der Waals surface area contributed by atoms with Crippen molar-refractivity contribution in [3.63, 3.8) is 0 Å². The van der Waals surface area contributed by atoms with Crippen molar-refractivity contribution < 1.29 is 17.9 Å². The minimum atomic E-state index is -3.33. The van der Waals surface area contributed by atoms with Crippen molar-refractivity contribution in [1.82, 2.24) is 14.5 Å². The predicted molar refractivity (Wildman–Crippen MR) is 93.6 cm³/mol. The van der Waals surface area contributed by atoms with Crippen LogP contribution in [0.5, 0.6) is 0 Å². The largest absolute Gasteiger partial charge is 0.372 e. The number of carbonyl (C=O) groups is 1. The molecule has 4 rings (SSSR count). The number of morpholine rings is 1. The fourth-order valence-electron chi connectivity index (χ4n) is 4.59. The Hall–Kier alpha value is -0.700. The van der Waals surface area contributed by atoms with Gasteiger partial charge < -0.3 is 9.64 Å². The van der Waals surface area contributed by atoms with Crippen LogP contribution in [0.4, 0.5) is 0 Å². The summed E-state index contributed by atoms with van der Waals surface area (Å²) in [5.74, 6) is 0.293. The van der Waals surface area contributed by atoms with E-state index in [2.05, 4.69) is 9.62 Å². The van der Waals surface area contributed by atoms with Crippen LogP contribution in [-0.2, 0) is 19.6 Å². The first-order chi connectivity index (χ1) is 12.0. The number of carbonyl (C=O) groups excluding carboxylic acids is 1. The van der Waals surface area contributed by atoms with Crippen LogP contribution < -0.4 is 4.72 Å². The van der Waals surface area contributed by atoms with Gasteiger partial charge in [-0.1, -0.05) is 12.8 Å². The summed E-state index contributed by atoms with van der Waals surface area (Å²) in [6, 6.07) is 0. The minimum Gasteiger partial charge on any atom is -0.372 e. The maximum atomic E-state index is 12.4. The van der Waals surface area contributed by atoms with Gasteiger partial charge in [0, 0.05) is 45.2 Å². The fourth-order valence-corrected chi connectivity index (χ4v) is 5.95. The number of ether oxygens (including phenoxy) is 1. The Morgan fingerprint density at radius 1 is 1.00 bits per heavy atom. The van der Waals surface area contributed by atoms with Crippen molar-refractivity contribution in [3.8, 4) is 0 Å². The first kappa shape index (κ1) is 17.7. The van der Waals surface area contributed by atoms with Crippen LogP contribution in [0.3, 0.4) is 0 Å². The minimum absolute atomic E-state index is 0.133. The smallest absolute Gasteiger partial charge is 0.225 e. The van der Waals surface area contributed by atoms with E-state index in [1.807, 2.05) is 0 Å². The van der Waals surface area contributed by atoms with Crippen molar-refractivity contribution in [2.75, 3.05) is 39.3 Å². The number of nitrogens with zero attached hydrogens (tertiary/aromatic N) is 2. The van der Waals surface area contributed by atoms with E-state index in [0.29, 0.717) is 31.8 Å². The molecule has 1 N–H and O–H groups in total. The van der Waals surface area contributed by atoms with Crippen molar-refractivity contribution in [1.29, 1.82) is 0 Å². The molecule has 3 heterocycles. The Morgan fingerprint density at radius 3 is 2.28 bits per heavy atom. The Kier molecular flexibility index (Phi) is 5.05. The number of rotatable bonds is 6. The highest BCUT2D eigenvalue weighted by atomic mass is 32.2.